The first-order chi connectivity index (χ1) is 6.99. The van der Waals surface area contributed by atoms with Crippen LogP contribution in [0.5, 0.6) is 0 Å². The number of hydrogen-bond donors (Lipinski definition) is 0. The molecule has 15 heavy (non-hydrogen) atoms. The molecule has 0 radical (unpaired) electrons. The van der Waals surface area contributed by atoms with Gasteiger partial charge in [0.05, 0.1) is 18.8 Å². The molecular weight excluding hydrogens is 204 g/mol. The summed E-state index contributed by atoms with van der Waals surface area (Å²) in [7, 11) is 1.91. The molecule has 0 saturated carbocycles. The summed E-state index contributed by atoms with van der Waals surface area (Å²) in [5.41, 5.74) is 0. The fourth-order valence-electron chi connectivity index (χ4n) is 1.77. The largest absolute Gasteiger partial charge is 0.377 e. The number of halogens is 2. The van der Waals surface area contributed by atoms with Crippen LogP contribution in [0.1, 0.15) is 20.3 Å². The Morgan fingerprint density at radius 2 is 2.07 bits per heavy atom. The topological polar surface area (TPSA) is 21.7 Å². The lowest BCUT2D eigenvalue weighted by molar-refractivity contribution is -0.158. The van der Waals surface area contributed by atoms with Gasteiger partial charge in [-0.15, -0.1) is 0 Å². The first-order valence-corrected chi connectivity index (χ1v) is 5.24. The number of rotatable bonds is 5. The molecule has 1 heterocycles. The van der Waals surface area contributed by atoms with Crippen LogP contribution in [0.15, 0.2) is 0 Å². The van der Waals surface area contributed by atoms with Crippen molar-refractivity contribution >= 4 is 0 Å². The van der Waals surface area contributed by atoms with Crippen LogP contribution in [0.2, 0.25) is 0 Å². The zero-order valence-electron chi connectivity index (χ0n) is 9.45. The minimum absolute atomic E-state index is 0.175. The Hall–Kier alpha value is -0.260. The lowest BCUT2D eigenvalue weighted by atomic mass is 10.2. The van der Waals surface area contributed by atoms with Gasteiger partial charge in [0.2, 0.25) is 0 Å². The van der Waals surface area contributed by atoms with Crippen LogP contribution in [0.4, 0.5) is 8.78 Å². The lowest BCUT2D eigenvalue weighted by Gasteiger charge is -2.19. The van der Waals surface area contributed by atoms with Gasteiger partial charge < -0.3 is 9.47 Å². The van der Waals surface area contributed by atoms with Crippen LogP contribution >= 0.6 is 0 Å². The van der Waals surface area contributed by atoms with E-state index in [1.165, 1.54) is 0 Å². The summed E-state index contributed by atoms with van der Waals surface area (Å²) < 4.78 is 33.9. The van der Waals surface area contributed by atoms with Crippen LogP contribution in [-0.2, 0) is 9.47 Å². The minimum atomic E-state index is -2.67. The van der Waals surface area contributed by atoms with Gasteiger partial charge in [-0.25, -0.2) is 0 Å². The maximum absolute atomic E-state index is 12.0. The highest BCUT2D eigenvalue weighted by atomic mass is 19.3. The van der Waals surface area contributed by atoms with Gasteiger partial charge in [0, 0.05) is 12.6 Å². The molecule has 1 aliphatic rings. The van der Waals surface area contributed by atoms with Crippen molar-refractivity contribution in [2.75, 3.05) is 20.2 Å². The molecule has 0 aliphatic carbocycles. The average molecular weight is 223 g/mol. The summed E-state index contributed by atoms with van der Waals surface area (Å²) in [4.78, 5) is 2.01. The number of hydrogen-bond acceptors (Lipinski definition) is 3. The van der Waals surface area contributed by atoms with Gasteiger partial charge in [0.25, 0.3) is 0 Å². The number of likely N-dealkylation sites (N-methyl/N-ethyl adjacent to an activating group) is 1. The summed E-state index contributed by atoms with van der Waals surface area (Å²) >= 11 is 0. The van der Waals surface area contributed by atoms with Crippen LogP contribution < -0.4 is 0 Å². The molecule has 1 fully saturated rings. The van der Waals surface area contributed by atoms with Gasteiger partial charge in [-0.2, -0.15) is 8.78 Å². The normalized spacial score (nSPS) is 28.2. The Bertz CT molecular complexity index is 190. The van der Waals surface area contributed by atoms with E-state index in [0.717, 1.165) is 0 Å². The monoisotopic (exact) mass is 223 g/mol. The molecule has 1 saturated heterocycles. The Kier molecular flexibility index (Phi) is 4.89. The molecule has 0 bridgehead atoms. The average Bonchev–Trinajstić information content (AvgIpc) is 2.41. The van der Waals surface area contributed by atoms with Gasteiger partial charge in [-0.05, 0) is 27.3 Å². The van der Waals surface area contributed by atoms with Crippen molar-refractivity contribution in [1.82, 2.24) is 4.90 Å². The van der Waals surface area contributed by atoms with E-state index in [2.05, 4.69) is 4.74 Å². The van der Waals surface area contributed by atoms with Crippen molar-refractivity contribution in [3.8, 4) is 0 Å². The molecule has 0 amide bonds. The second-order valence-corrected chi connectivity index (χ2v) is 4.23. The molecule has 0 N–H and O–H groups in total. The van der Waals surface area contributed by atoms with Crippen molar-refractivity contribution in [1.29, 1.82) is 0 Å². The van der Waals surface area contributed by atoms with Crippen molar-refractivity contribution in [3.63, 3.8) is 0 Å². The van der Waals surface area contributed by atoms with Crippen molar-refractivity contribution in [2.24, 2.45) is 0 Å². The highest BCUT2D eigenvalue weighted by molar-refractivity contribution is 4.83. The lowest BCUT2D eigenvalue weighted by Crippen LogP contribution is -2.30. The van der Waals surface area contributed by atoms with E-state index in [1.807, 2.05) is 25.8 Å². The van der Waals surface area contributed by atoms with Crippen molar-refractivity contribution in [3.05, 3.63) is 0 Å². The van der Waals surface area contributed by atoms with Crippen LogP contribution in [0.25, 0.3) is 0 Å². The molecule has 0 aromatic heterocycles. The maximum Gasteiger partial charge on any atom is 0.345 e. The molecule has 5 heteroatoms. The fraction of sp³-hybridized carbons (Fsp3) is 1.00. The van der Waals surface area contributed by atoms with Gasteiger partial charge in [-0.1, -0.05) is 0 Å². The number of alkyl halides is 2. The van der Waals surface area contributed by atoms with Crippen LogP contribution in [0.3, 0.4) is 0 Å². The Balaban J connectivity index is 2.29. The highest BCUT2D eigenvalue weighted by Crippen LogP contribution is 2.20. The van der Waals surface area contributed by atoms with E-state index in [0.29, 0.717) is 19.6 Å². The summed E-state index contributed by atoms with van der Waals surface area (Å²) in [6.07, 6.45) is 0.428. The van der Waals surface area contributed by atoms with Crippen molar-refractivity contribution < 1.29 is 18.3 Å². The third-order valence-electron chi connectivity index (χ3n) is 2.57. The zero-order valence-corrected chi connectivity index (χ0v) is 9.45. The zero-order chi connectivity index (χ0) is 11.4. The first-order valence-electron chi connectivity index (χ1n) is 5.24. The predicted octanol–water partition coefficient (Wildman–Crippen LogP) is 1.72. The van der Waals surface area contributed by atoms with E-state index in [1.54, 1.807) is 0 Å². The second kappa shape index (κ2) is 5.72. The first kappa shape index (κ1) is 12.8. The third kappa shape index (κ3) is 4.40. The number of ether oxygens (including phenoxy) is 2. The van der Waals surface area contributed by atoms with Gasteiger partial charge >= 0.3 is 6.61 Å². The fourth-order valence-corrected chi connectivity index (χ4v) is 1.77. The van der Waals surface area contributed by atoms with Crippen LogP contribution in [0, 0.1) is 0 Å². The second-order valence-electron chi connectivity index (χ2n) is 4.23. The van der Waals surface area contributed by atoms with Gasteiger partial charge in [0.1, 0.15) is 0 Å². The van der Waals surface area contributed by atoms with E-state index in [-0.39, 0.29) is 18.2 Å². The SMILES string of the molecule is CC(C)OC[C@H]1C[C@H](OC(F)F)CN1C. The highest BCUT2D eigenvalue weighted by Gasteiger charge is 2.31. The van der Waals surface area contributed by atoms with E-state index >= 15 is 0 Å². The molecule has 1 aliphatic heterocycles. The Labute approximate surface area is 89.3 Å². The third-order valence-corrected chi connectivity index (χ3v) is 2.57. The quantitative estimate of drug-likeness (QED) is 0.708. The molecule has 0 unspecified atom stereocenters. The Morgan fingerprint density at radius 3 is 2.60 bits per heavy atom. The van der Waals surface area contributed by atoms with E-state index in [4.69, 9.17) is 4.74 Å². The molecule has 2 atom stereocenters. The van der Waals surface area contributed by atoms with Gasteiger partial charge in [-0.3, -0.25) is 4.90 Å². The molecule has 0 aromatic rings. The van der Waals surface area contributed by atoms with E-state index < -0.39 is 6.61 Å². The molecule has 1 rings (SSSR count). The molecule has 0 aromatic carbocycles. The number of likely N-dealkylation sites (tertiary alicyclic amines) is 1. The van der Waals surface area contributed by atoms with E-state index in [9.17, 15) is 8.78 Å². The summed E-state index contributed by atoms with van der Waals surface area (Å²) in [5.74, 6) is 0. The van der Waals surface area contributed by atoms with Gasteiger partial charge in [0.15, 0.2) is 0 Å². The summed E-state index contributed by atoms with van der Waals surface area (Å²) in [6, 6.07) is 0.191. The maximum atomic E-state index is 12.0. The molecule has 0 spiro atoms. The summed E-state index contributed by atoms with van der Waals surface area (Å²) in [6.45, 7) is 2.38. The smallest absolute Gasteiger partial charge is 0.345 e. The molecule has 90 valence electrons. The number of nitrogens with zero attached hydrogens (tertiary/aromatic N) is 1. The predicted molar refractivity (Wildman–Crippen MR) is 53.0 cm³/mol. The molecule has 3 nitrogen and oxygen atoms in total. The standard InChI is InChI=1S/C10H19F2NO2/c1-7(2)14-6-8-4-9(5-13(8)3)15-10(11)12/h7-10H,4-6H2,1-3H3/t8-,9+/m1/s1. The Morgan fingerprint density at radius 1 is 1.40 bits per heavy atom. The van der Waals surface area contributed by atoms with Crippen molar-refractivity contribution in [2.45, 2.75) is 45.1 Å². The minimum Gasteiger partial charge on any atom is -0.377 e. The molecular formula is C10H19F2NO2. The van der Waals surface area contributed by atoms with Crippen LogP contribution in [-0.4, -0.2) is 50.0 Å². The summed E-state index contributed by atoms with van der Waals surface area (Å²) in [5, 5.41) is 0.